The largest absolute Gasteiger partial charge is 0.378 e. The lowest BCUT2D eigenvalue weighted by Crippen LogP contribution is -2.32. The highest BCUT2D eigenvalue weighted by atomic mass is 16.5. The van der Waals surface area contributed by atoms with Gasteiger partial charge in [-0.25, -0.2) is 0 Å². The Hall–Kier alpha value is -2.59. The molecule has 4 nitrogen and oxygen atoms in total. The van der Waals surface area contributed by atoms with Crippen LogP contribution >= 0.6 is 0 Å². The summed E-state index contributed by atoms with van der Waals surface area (Å²) in [6, 6.07) is 17.2. The maximum atomic E-state index is 5.38. The third-order valence-electron chi connectivity index (χ3n) is 4.83. The van der Waals surface area contributed by atoms with Crippen LogP contribution in [0.25, 0.3) is 16.5 Å². The summed E-state index contributed by atoms with van der Waals surface area (Å²) in [6.07, 6.45) is 1.98. The number of aryl methyl sites for hydroxylation is 1. The Labute approximate surface area is 148 Å². The van der Waals surface area contributed by atoms with Gasteiger partial charge in [-0.15, -0.1) is 0 Å². The van der Waals surface area contributed by atoms with Gasteiger partial charge >= 0.3 is 0 Å². The first-order valence-corrected chi connectivity index (χ1v) is 8.78. The molecule has 0 atom stereocenters. The van der Waals surface area contributed by atoms with Crippen LogP contribution in [-0.2, 0) is 4.74 Å². The summed E-state index contributed by atoms with van der Waals surface area (Å²) in [5.74, 6) is 0. The molecule has 2 aromatic carbocycles. The molecule has 0 saturated carbocycles. The van der Waals surface area contributed by atoms with Crippen LogP contribution in [0.3, 0.4) is 0 Å². The Morgan fingerprint density at radius 1 is 1.00 bits per heavy atom. The van der Waals surface area contributed by atoms with Crippen molar-refractivity contribution in [3.05, 3.63) is 65.5 Å². The highest BCUT2D eigenvalue weighted by molar-refractivity contribution is 5.91. The molecule has 128 valence electrons. The number of nitrogens with zero attached hydrogens (tertiary/aromatic N) is 3. The second-order valence-electron chi connectivity index (χ2n) is 6.47. The average Bonchev–Trinajstić information content (AvgIpc) is 2.94. The van der Waals surface area contributed by atoms with Gasteiger partial charge in [0.05, 0.1) is 38.2 Å². The Bertz CT molecular complexity index is 915. The van der Waals surface area contributed by atoms with E-state index in [2.05, 4.69) is 77.1 Å². The van der Waals surface area contributed by atoms with Gasteiger partial charge in [0.1, 0.15) is 0 Å². The number of hydrogen-bond acceptors (Lipinski definition) is 3. The Balaban J connectivity index is 1.73. The zero-order valence-corrected chi connectivity index (χ0v) is 14.8. The van der Waals surface area contributed by atoms with Gasteiger partial charge in [0, 0.05) is 22.3 Å². The molecule has 0 aliphatic carbocycles. The van der Waals surface area contributed by atoms with Crippen molar-refractivity contribution in [1.82, 2.24) is 9.58 Å². The van der Waals surface area contributed by atoms with Crippen LogP contribution < -0.4 is 0 Å². The number of morpholine rings is 1. The van der Waals surface area contributed by atoms with E-state index >= 15 is 0 Å². The van der Waals surface area contributed by atoms with E-state index in [1.807, 2.05) is 6.21 Å². The molecule has 25 heavy (non-hydrogen) atoms. The predicted octanol–water partition coefficient (Wildman–Crippen LogP) is 3.91. The zero-order chi connectivity index (χ0) is 17.2. The lowest BCUT2D eigenvalue weighted by molar-refractivity contribution is 0.0397. The van der Waals surface area contributed by atoms with Crippen LogP contribution in [0.2, 0.25) is 0 Å². The molecule has 0 unspecified atom stereocenters. The molecule has 2 heterocycles. The highest BCUT2D eigenvalue weighted by Crippen LogP contribution is 2.26. The van der Waals surface area contributed by atoms with Gasteiger partial charge in [-0.05, 0) is 31.4 Å². The molecule has 0 N–H and O–H groups in total. The van der Waals surface area contributed by atoms with Crippen LogP contribution in [0.15, 0.2) is 53.6 Å². The Morgan fingerprint density at radius 2 is 1.76 bits per heavy atom. The van der Waals surface area contributed by atoms with Crippen molar-refractivity contribution >= 4 is 17.0 Å². The number of ether oxygens (including phenoxy) is 1. The van der Waals surface area contributed by atoms with Crippen molar-refractivity contribution in [1.29, 1.82) is 0 Å². The minimum Gasteiger partial charge on any atom is -0.378 e. The fraction of sp³-hybridized carbons (Fsp3) is 0.286. The molecule has 4 rings (SSSR count). The monoisotopic (exact) mass is 333 g/mol. The van der Waals surface area contributed by atoms with Gasteiger partial charge in [0.25, 0.3) is 0 Å². The molecular weight excluding hydrogens is 310 g/mol. The van der Waals surface area contributed by atoms with E-state index in [4.69, 9.17) is 4.74 Å². The summed E-state index contributed by atoms with van der Waals surface area (Å²) >= 11 is 0. The van der Waals surface area contributed by atoms with E-state index in [1.165, 1.54) is 27.8 Å². The summed E-state index contributed by atoms with van der Waals surface area (Å²) in [6.45, 7) is 7.55. The van der Waals surface area contributed by atoms with E-state index in [9.17, 15) is 0 Å². The number of hydrazone groups is 1. The second-order valence-corrected chi connectivity index (χ2v) is 6.47. The SMILES string of the molecule is Cc1cc(/C=N/N2CCOCC2)c(C)n1-c1cccc2ccccc12. The standard InChI is InChI=1S/C21H23N3O/c1-16-14-19(15-22-23-10-12-25-13-11-23)17(2)24(16)21-9-5-7-18-6-3-4-8-20(18)21/h3-9,14-15H,10-13H2,1-2H3/b22-15+. The summed E-state index contributed by atoms with van der Waals surface area (Å²) < 4.78 is 7.70. The van der Waals surface area contributed by atoms with Crippen LogP contribution in [0.1, 0.15) is 17.0 Å². The molecule has 0 spiro atoms. The fourth-order valence-electron chi connectivity index (χ4n) is 3.51. The van der Waals surface area contributed by atoms with Gasteiger partial charge in [0.2, 0.25) is 0 Å². The van der Waals surface area contributed by atoms with E-state index in [1.54, 1.807) is 0 Å². The van der Waals surface area contributed by atoms with Gasteiger partial charge in [-0.2, -0.15) is 5.10 Å². The lowest BCUT2D eigenvalue weighted by Gasteiger charge is -2.23. The van der Waals surface area contributed by atoms with Crippen LogP contribution in [0, 0.1) is 13.8 Å². The Kier molecular flexibility index (Phi) is 4.28. The van der Waals surface area contributed by atoms with Crippen LogP contribution in [0.5, 0.6) is 0 Å². The Morgan fingerprint density at radius 3 is 2.60 bits per heavy atom. The molecule has 1 saturated heterocycles. The van der Waals surface area contributed by atoms with Crippen molar-refractivity contribution in [2.75, 3.05) is 26.3 Å². The molecule has 1 aliphatic rings. The number of hydrogen-bond donors (Lipinski definition) is 0. The van der Waals surface area contributed by atoms with E-state index in [0.29, 0.717) is 0 Å². The normalized spacial score (nSPS) is 15.4. The van der Waals surface area contributed by atoms with Crippen molar-refractivity contribution in [2.24, 2.45) is 5.10 Å². The van der Waals surface area contributed by atoms with Crippen molar-refractivity contribution in [3.63, 3.8) is 0 Å². The van der Waals surface area contributed by atoms with E-state index in [-0.39, 0.29) is 0 Å². The first-order chi connectivity index (χ1) is 12.2. The quantitative estimate of drug-likeness (QED) is 0.680. The first-order valence-electron chi connectivity index (χ1n) is 8.78. The molecule has 0 bridgehead atoms. The maximum absolute atomic E-state index is 5.38. The third-order valence-corrected chi connectivity index (χ3v) is 4.83. The fourth-order valence-corrected chi connectivity index (χ4v) is 3.51. The van der Waals surface area contributed by atoms with Gasteiger partial charge in [-0.3, -0.25) is 5.01 Å². The van der Waals surface area contributed by atoms with E-state index in [0.717, 1.165) is 31.9 Å². The smallest absolute Gasteiger partial charge is 0.0659 e. The second kappa shape index (κ2) is 6.73. The lowest BCUT2D eigenvalue weighted by atomic mass is 10.1. The topological polar surface area (TPSA) is 29.8 Å². The van der Waals surface area contributed by atoms with Gasteiger partial charge in [-0.1, -0.05) is 36.4 Å². The summed E-state index contributed by atoms with van der Waals surface area (Å²) in [5, 5.41) is 9.24. The van der Waals surface area contributed by atoms with E-state index < -0.39 is 0 Å². The zero-order valence-electron chi connectivity index (χ0n) is 14.8. The van der Waals surface area contributed by atoms with Gasteiger partial charge in [0.15, 0.2) is 0 Å². The summed E-state index contributed by atoms with van der Waals surface area (Å²) in [4.78, 5) is 0. The molecular formula is C21H23N3O. The molecule has 3 aromatic rings. The minimum absolute atomic E-state index is 0.756. The van der Waals surface area contributed by atoms with Crippen molar-refractivity contribution < 1.29 is 4.74 Å². The minimum atomic E-state index is 0.756. The van der Waals surface area contributed by atoms with Gasteiger partial charge < -0.3 is 9.30 Å². The predicted molar refractivity (Wildman–Crippen MR) is 103 cm³/mol. The number of rotatable bonds is 3. The maximum Gasteiger partial charge on any atom is 0.0659 e. The first kappa shape index (κ1) is 15.9. The summed E-state index contributed by atoms with van der Waals surface area (Å²) in [5.41, 5.74) is 4.82. The average molecular weight is 333 g/mol. The molecule has 0 amide bonds. The number of fused-ring (bicyclic) bond motifs is 1. The molecule has 4 heteroatoms. The number of benzene rings is 2. The molecule has 1 aromatic heterocycles. The highest BCUT2D eigenvalue weighted by Gasteiger charge is 2.12. The number of aromatic nitrogens is 1. The third kappa shape index (κ3) is 3.05. The van der Waals surface area contributed by atoms with Crippen molar-refractivity contribution in [2.45, 2.75) is 13.8 Å². The molecule has 1 fully saturated rings. The molecule has 1 aliphatic heterocycles. The molecule has 0 radical (unpaired) electrons. The van der Waals surface area contributed by atoms with Crippen LogP contribution in [-0.4, -0.2) is 42.1 Å². The van der Waals surface area contributed by atoms with Crippen molar-refractivity contribution in [3.8, 4) is 5.69 Å². The van der Waals surface area contributed by atoms with Crippen LogP contribution in [0.4, 0.5) is 0 Å². The summed E-state index contributed by atoms with van der Waals surface area (Å²) in [7, 11) is 0.